The molecule has 0 aliphatic rings. The van der Waals surface area contributed by atoms with Crippen molar-refractivity contribution in [1.29, 1.82) is 0 Å². The van der Waals surface area contributed by atoms with Gasteiger partial charge in [0.2, 0.25) is 5.91 Å². The van der Waals surface area contributed by atoms with Crippen molar-refractivity contribution in [2.24, 2.45) is 0 Å². The third-order valence-electron chi connectivity index (χ3n) is 4.83. The molecular weight excluding hydrogens is 410 g/mol. The predicted molar refractivity (Wildman–Crippen MR) is 123 cm³/mol. The van der Waals surface area contributed by atoms with E-state index >= 15 is 0 Å². The molecule has 2 amide bonds. The maximum Gasteiger partial charge on any atom is 0.253 e. The van der Waals surface area contributed by atoms with Gasteiger partial charge in [0.05, 0.1) is 11.4 Å². The van der Waals surface area contributed by atoms with E-state index in [9.17, 15) is 9.59 Å². The Kier molecular flexibility index (Phi) is 7.12. The van der Waals surface area contributed by atoms with Crippen LogP contribution in [0.3, 0.4) is 0 Å². The van der Waals surface area contributed by atoms with Gasteiger partial charge < -0.3 is 10.2 Å². The molecule has 0 saturated heterocycles. The van der Waals surface area contributed by atoms with Gasteiger partial charge in [0, 0.05) is 26.2 Å². The molecule has 3 rings (SSSR count). The summed E-state index contributed by atoms with van der Waals surface area (Å²) in [7, 11) is 3.44. The van der Waals surface area contributed by atoms with Crippen molar-refractivity contribution in [3.63, 3.8) is 0 Å². The summed E-state index contributed by atoms with van der Waals surface area (Å²) in [4.78, 5) is 25.9. The number of hydrogen-bond acceptors (Lipinski definition) is 5. The molecule has 162 valence electrons. The number of aromatic nitrogens is 3. The molecule has 0 atom stereocenters. The zero-order valence-corrected chi connectivity index (χ0v) is 19.3. The van der Waals surface area contributed by atoms with Gasteiger partial charge in [-0.25, -0.2) is 0 Å². The lowest BCUT2D eigenvalue weighted by Crippen LogP contribution is -2.25. The summed E-state index contributed by atoms with van der Waals surface area (Å²) in [6.45, 7) is 6.40. The summed E-state index contributed by atoms with van der Waals surface area (Å²) in [5, 5.41) is 12.1. The van der Waals surface area contributed by atoms with Crippen LogP contribution in [0.25, 0.3) is 5.69 Å². The quantitative estimate of drug-likeness (QED) is 0.574. The number of aryl methyl sites for hydroxylation is 3. The Morgan fingerprint density at radius 3 is 2.42 bits per heavy atom. The van der Waals surface area contributed by atoms with Crippen molar-refractivity contribution in [3.05, 3.63) is 70.5 Å². The summed E-state index contributed by atoms with van der Waals surface area (Å²) < 4.78 is 1.99. The molecule has 0 bridgehead atoms. The highest BCUT2D eigenvalue weighted by atomic mass is 32.2. The number of carbonyl (C=O) groups is 2. The van der Waals surface area contributed by atoms with Gasteiger partial charge in [-0.1, -0.05) is 36.0 Å². The van der Waals surface area contributed by atoms with Crippen LogP contribution in [0.5, 0.6) is 0 Å². The van der Waals surface area contributed by atoms with E-state index in [1.807, 2.05) is 37.5 Å². The molecule has 0 spiro atoms. The number of benzene rings is 2. The zero-order valence-electron chi connectivity index (χ0n) is 18.5. The van der Waals surface area contributed by atoms with Crippen molar-refractivity contribution in [3.8, 4) is 5.69 Å². The van der Waals surface area contributed by atoms with Crippen LogP contribution in [0.1, 0.15) is 32.9 Å². The number of nitrogens with one attached hydrogen (secondary N) is 1. The molecule has 0 radical (unpaired) electrons. The Bertz CT molecular complexity index is 1090. The lowest BCUT2D eigenvalue weighted by molar-refractivity contribution is -0.118. The van der Waals surface area contributed by atoms with Crippen molar-refractivity contribution in [1.82, 2.24) is 25.0 Å². The van der Waals surface area contributed by atoms with Gasteiger partial charge in [-0.3, -0.25) is 14.2 Å². The number of carbonyl (C=O) groups excluding carboxylic acids is 2. The Balaban J connectivity index is 1.60. The van der Waals surface area contributed by atoms with Crippen LogP contribution < -0.4 is 5.32 Å². The third-order valence-corrected chi connectivity index (χ3v) is 5.76. The Morgan fingerprint density at radius 1 is 1.03 bits per heavy atom. The van der Waals surface area contributed by atoms with Crippen LogP contribution >= 0.6 is 11.8 Å². The van der Waals surface area contributed by atoms with Crippen LogP contribution in [-0.2, 0) is 11.3 Å². The molecule has 0 fully saturated rings. The van der Waals surface area contributed by atoms with E-state index in [-0.39, 0.29) is 17.6 Å². The first kappa shape index (κ1) is 22.6. The highest BCUT2D eigenvalue weighted by Gasteiger charge is 2.15. The van der Waals surface area contributed by atoms with Crippen LogP contribution in [-0.4, -0.2) is 51.3 Å². The smallest absolute Gasteiger partial charge is 0.253 e. The molecule has 1 heterocycles. The molecule has 0 saturated carbocycles. The minimum Gasteiger partial charge on any atom is -0.351 e. The van der Waals surface area contributed by atoms with E-state index in [4.69, 9.17) is 0 Å². The van der Waals surface area contributed by atoms with Crippen molar-refractivity contribution < 1.29 is 9.59 Å². The van der Waals surface area contributed by atoms with Crippen molar-refractivity contribution >= 4 is 23.6 Å². The maximum atomic E-state index is 12.4. The average Bonchev–Trinajstić information content (AvgIpc) is 3.12. The highest BCUT2D eigenvalue weighted by molar-refractivity contribution is 7.99. The van der Waals surface area contributed by atoms with Crippen LogP contribution in [0.2, 0.25) is 0 Å². The molecule has 0 aliphatic heterocycles. The second-order valence-corrected chi connectivity index (χ2v) is 8.56. The second kappa shape index (κ2) is 9.78. The largest absolute Gasteiger partial charge is 0.351 e. The molecule has 3 aromatic rings. The van der Waals surface area contributed by atoms with Gasteiger partial charge in [0.15, 0.2) is 5.16 Å². The highest BCUT2D eigenvalue weighted by Crippen LogP contribution is 2.24. The fraction of sp³-hybridized carbons (Fsp3) is 0.304. The molecule has 1 aromatic heterocycles. The number of nitrogens with zero attached hydrogens (tertiary/aromatic N) is 4. The molecule has 7 nitrogen and oxygen atoms in total. The summed E-state index contributed by atoms with van der Waals surface area (Å²) in [6, 6.07) is 13.5. The van der Waals surface area contributed by atoms with Gasteiger partial charge in [-0.15, -0.1) is 10.2 Å². The van der Waals surface area contributed by atoms with Gasteiger partial charge >= 0.3 is 0 Å². The van der Waals surface area contributed by atoms with Crippen molar-refractivity contribution in [2.45, 2.75) is 32.5 Å². The standard InChI is InChI=1S/C23H27N5O2S/c1-15-6-7-16(2)20(12-15)28-17(3)25-26-23(28)31-14-21(29)24-13-18-8-10-19(11-9-18)22(30)27(4)5/h6-12H,13-14H2,1-5H3,(H,24,29). The van der Waals surface area contributed by atoms with E-state index in [1.165, 1.54) is 16.7 Å². The van der Waals surface area contributed by atoms with Crippen LogP contribution in [0.15, 0.2) is 47.6 Å². The molecule has 0 unspecified atom stereocenters. The molecule has 1 N–H and O–H groups in total. The van der Waals surface area contributed by atoms with E-state index in [1.54, 1.807) is 26.2 Å². The molecule has 31 heavy (non-hydrogen) atoms. The molecule has 2 aromatic carbocycles. The molecule has 8 heteroatoms. The maximum absolute atomic E-state index is 12.4. The number of hydrogen-bond donors (Lipinski definition) is 1. The first-order chi connectivity index (χ1) is 14.8. The van der Waals surface area contributed by atoms with Crippen LogP contribution in [0, 0.1) is 20.8 Å². The van der Waals surface area contributed by atoms with E-state index in [2.05, 4.69) is 33.7 Å². The second-order valence-electron chi connectivity index (χ2n) is 7.62. The van der Waals surface area contributed by atoms with E-state index < -0.39 is 0 Å². The summed E-state index contributed by atoms with van der Waals surface area (Å²) >= 11 is 1.36. The van der Waals surface area contributed by atoms with Crippen molar-refractivity contribution in [2.75, 3.05) is 19.8 Å². The number of thioether (sulfide) groups is 1. The predicted octanol–water partition coefficient (Wildman–Crippen LogP) is 3.30. The van der Waals surface area contributed by atoms with Crippen LogP contribution in [0.4, 0.5) is 0 Å². The van der Waals surface area contributed by atoms with E-state index in [0.717, 1.165) is 28.2 Å². The lowest BCUT2D eigenvalue weighted by Gasteiger charge is -2.12. The first-order valence-electron chi connectivity index (χ1n) is 9.96. The normalized spacial score (nSPS) is 10.7. The van der Waals surface area contributed by atoms with E-state index in [0.29, 0.717) is 17.3 Å². The summed E-state index contributed by atoms with van der Waals surface area (Å²) in [6.07, 6.45) is 0. The summed E-state index contributed by atoms with van der Waals surface area (Å²) in [5.74, 6) is 0.881. The monoisotopic (exact) mass is 437 g/mol. The first-order valence-corrected chi connectivity index (χ1v) is 10.9. The Hall–Kier alpha value is -3.13. The summed E-state index contributed by atoms with van der Waals surface area (Å²) in [5.41, 5.74) is 4.86. The van der Waals surface area contributed by atoms with Gasteiger partial charge in [0.1, 0.15) is 5.82 Å². The van der Waals surface area contributed by atoms with Gasteiger partial charge in [-0.05, 0) is 55.7 Å². The fourth-order valence-electron chi connectivity index (χ4n) is 3.08. The fourth-order valence-corrected chi connectivity index (χ4v) is 3.90. The minimum absolute atomic E-state index is 0.0461. The molecular formula is C23H27N5O2S. The number of rotatable bonds is 7. The minimum atomic E-state index is -0.0911. The molecule has 0 aliphatic carbocycles. The third kappa shape index (κ3) is 5.52. The van der Waals surface area contributed by atoms with Gasteiger partial charge in [-0.2, -0.15) is 0 Å². The lowest BCUT2D eigenvalue weighted by atomic mass is 10.1. The zero-order chi connectivity index (χ0) is 22.5. The number of amides is 2. The topological polar surface area (TPSA) is 80.1 Å². The Morgan fingerprint density at radius 2 is 1.74 bits per heavy atom. The Labute approximate surface area is 186 Å². The SMILES string of the molecule is Cc1ccc(C)c(-n2c(C)nnc2SCC(=O)NCc2ccc(C(=O)N(C)C)cc2)c1. The average molecular weight is 438 g/mol. The van der Waals surface area contributed by atoms with Gasteiger partial charge in [0.25, 0.3) is 5.91 Å².